The highest BCUT2D eigenvalue weighted by atomic mass is 32.1. The lowest BCUT2D eigenvalue weighted by Crippen LogP contribution is -2.29. The molecule has 1 aromatic heterocycles. The average Bonchev–Trinajstić information content (AvgIpc) is 3.07. The Morgan fingerprint density at radius 1 is 1.11 bits per heavy atom. The predicted octanol–water partition coefficient (Wildman–Crippen LogP) is 4.64. The maximum Gasteiger partial charge on any atom is 0.269 e. The zero-order chi connectivity index (χ0) is 20.1. The molecule has 146 valence electrons. The van der Waals surface area contributed by atoms with Crippen molar-refractivity contribution in [3.05, 3.63) is 76.8 Å². The van der Waals surface area contributed by atoms with Crippen LogP contribution in [0.1, 0.15) is 36.8 Å². The van der Waals surface area contributed by atoms with E-state index >= 15 is 0 Å². The molecule has 0 saturated carbocycles. The summed E-state index contributed by atoms with van der Waals surface area (Å²) in [4.78, 5) is 15.5. The number of hydrogen-bond acceptors (Lipinski definition) is 3. The quantitative estimate of drug-likeness (QED) is 0.472. The fourth-order valence-corrected chi connectivity index (χ4v) is 3.11. The summed E-state index contributed by atoms with van der Waals surface area (Å²) >= 11 is 5.31. The molecule has 0 spiro atoms. The number of nitrogens with zero attached hydrogens (tertiary/aromatic N) is 1. The van der Waals surface area contributed by atoms with Crippen LogP contribution < -0.4 is 10.1 Å². The molecule has 0 fully saturated rings. The van der Waals surface area contributed by atoms with Crippen LogP contribution in [0.5, 0.6) is 5.75 Å². The molecule has 1 heterocycles. The minimum absolute atomic E-state index is 0.112. The number of hydrogen-bond donors (Lipinski definition) is 2. The molecule has 0 bridgehead atoms. The summed E-state index contributed by atoms with van der Waals surface area (Å²) in [6, 6.07) is 17.6. The van der Waals surface area contributed by atoms with Gasteiger partial charge < -0.3 is 15.0 Å². The molecule has 3 aromatic rings. The van der Waals surface area contributed by atoms with Crippen LogP contribution in [0.25, 0.3) is 5.69 Å². The van der Waals surface area contributed by atoms with Gasteiger partial charge in [0.15, 0.2) is 4.77 Å². The molecular weight excluding hydrogens is 370 g/mol. The van der Waals surface area contributed by atoms with Gasteiger partial charge in [0, 0.05) is 11.9 Å². The predicted molar refractivity (Wildman–Crippen MR) is 114 cm³/mol. The van der Waals surface area contributed by atoms with Crippen molar-refractivity contribution in [1.82, 2.24) is 14.9 Å². The number of amides is 1. The van der Waals surface area contributed by atoms with E-state index in [1.165, 1.54) is 5.56 Å². The van der Waals surface area contributed by atoms with E-state index in [-0.39, 0.29) is 11.3 Å². The van der Waals surface area contributed by atoms with Gasteiger partial charge in [-0.15, -0.1) is 0 Å². The van der Waals surface area contributed by atoms with Gasteiger partial charge in [-0.05, 0) is 47.5 Å². The Bertz CT molecular complexity index is 983. The third-order valence-electron chi connectivity index (χ3n) is 4.40. The van der Waals surface area contributed by atoms with Crippen molar-refractivity contribution in [3.8, 4) is 11.4 Å². The topological polar surface area (TPSA) is 59.0 Å². The number of carbonyl (C=O) groups is 1. The fourth-order valence-electron chi connectivity index (χ4n) is 2.84. The lowest BCUT2D eigenvalue weighted by Gasteiger charge is -2.19. The molecule has 2 aromatic carbocycles. The summed E-state index contributed by atoms with van der Waals surface area (Å²) in [5.74, 6) is 0.582. The first kappa shape index (κ1) is 19.9. The van der Waals surface area contributed by atoms with E-state index in [9.17, 15) is 4.79 Å². The van der Waals surface area contributed by atoms with E-state index in [4.69, 9.17) is 17.0 Å². The SMILES string of the molecule is CC(C)(C)c1ccc(OCCNC(=O)c2c[nH]c(=S)n2-c2ccccc2)cc1. The molecule has 2 N–H and O–H groups in total. The van der Waals surface area contributed by atoms with Crippen LogP contribution in [0.4, 0.5) is 0 Å². The maximum absolute atomic E-state index is 12.6. The molecule has 1 amide bonds. The number of aromatic nitrogens is 2. The van der Waals surface area contributed by atoms with Crippen LogP contribution in [0.2, 0.25) is 0 Å². The van der Waals surface area contributed by atoms with Gasteiger partial charge in [0.25, 0.3) is 5.91 Å². The molecule has 6 heteroatoms. The molecule has 0 aliphatic carbocycles. The van der Waals surface area contributed by atoms with Crippen LogP contribution in [0.3, 0.4) is 0 Å². The minimum atomic E-state index is -0.206. The Kier molecular flexibility index (Phi) is 5.99. The first-order valence-electron chi connectivity index (χ1n) is 9.23. The van der Waals surface area contributed by atoms with E-state index < -0.39 is 0 Å². The van der Waals surface area contributed by atoms with Gasteiger partial charge in [-0.3, -0.25) is 9.36 Å². The number of para-hydroxylation sites is 1. The van der Waals surface area contributed by atoms with Crippen LogP contribution in [-0.2, 0) is 5.41 Å². The summed E-state index contributed by atoms with van der Waals surface area (Å²) in [5.41, 5.74) is 2.67. The molecule has 5 nitrogen and oxygen atoms in total. The number of imidazole rings is 1. The molecule has 0 aliphatic rings. The number of nitrogens with one attached hydrogen (secondary N) is 2. The Morgan fingerprint density at radius 2 is 1.79 bits per heavy atom. The van der Waals surface area contributed by atoms with Crippen molar-refractivity contribution in [2.75, 3.05) is 13.2 Å². The number of carbonyl (C=O) groups excluding carboxylic acids is 1. The highest BCUT2D eigenvalue weighted by Gasteiger charge is 2.14. The fraction of sp³-hybridized carbons (Fsp3) is 0.273. The average molecular weight is 396 g/mol. The monoisotopic (exact) mass is 395 g/mol. The molecule has 28 heavy (non-hydrogen) atoms. The normalized spacial score (nSPS) is 11.2. The van der Waals surface area contributed by atoms with Gasteiger partial charge >= 0.3 is 0 Å². The van der Waals surface area contributed by atoms with E-state index in [2.05, 4.69) is 43.2 Å². The second-order valence-electron chi connectivity index (χ2n) is 7.53. The van der Waals surface area contributed by atoms with E-state index in [0.29, 0.717) is 23.6 Å². The third kappa shape index (κ3) is 4.70. The van der Waals surface area contributed by atoms with Gasteiger partial charge in [-0.2, -0.15) is 0 Å². The zero-order valence-electron chi connectivity index (χ0n) is 16.4. The molecule has 3 rings (SSSR count). The van der Waals surface area contributed by atoms with E-state index in [0.717, 1.165) is 11.4 Å². The van der Waals surface area contributed by atoms with Crippen molar-refractivity contribution in [2.24, 2.45) is 0 Å². The van der Waals surface area contributed by atoms with Crippen LogP contribution in [0, 0.1) is 4.77 Å². The van der Waals surface area contributed by atoms with Crippen molar-refractivity contribution in [2.45, 2.75) is 26.2 Å². The largest absolute Gasteiger partial charge is 0.492 e. The molecular formula is C22H25N3O2S. The molecule has 0 saturated heterocycles. The summed E-state index contributed by atoms with van der Waals surface area (Å²) in [6.07, 6.45) is 1.62. The van der Waals surface area contributed by atoms with E-state index in [1.807, 2.05) is 42.5 Å². The zero-order valence-corrected chi connectivity index (χ0v) is 17.2. The molecule has 0 aliphatic heterocycles. The smallest absolute Gasteiger partial charge is 0.269 e. The second kappa shape index (κ2) is 8.44. The highest BCUT2D eigenvalue weighted by Crippen LogP contribution is 2.24. The Hall–Kier alpha value is -2.86. The van der Waals surface area contributed by atoms with Gasteiger partial charge in [0.05, 0.1) is 6.54 Å². The molecule has 0 radical (unpaired) electrons. The number of H-pyrrole nitrogens is 1. The van der Waals surface area contributed by atoms with Gasteiger partial charge in [-0.25, -0.2) is 0 Å². The Labute approximate surface area is 170 Å². The van der Waals surface area contributed by atoms with Crippen LogP contribution in [0.15, 0.2) is 60.8 Å². The van der Waals surface area contributed by atoms with Crippen molar-refractivity contribution < 1.29 is 9.53 Å². The standard InChI is InChI=1S/C22H25N3O2S/c1-22(2,3)16-9-11-18(12-10-16)27-14-13-23-20(26)19-15-24-21(28)25(19)17-7-5-4-6-8-17/h4-12,15H,13-14H2,1-3H3,(H,23,26)(H,24,28). The van der Waals surface area contributed by atoms with Crippen molar-refractivity contribution in [1.29, 1.82) is 0 Å². The second-order valence-corrected chi connectivity index (χ2v) is 7.92. The number of rotatable bonds is 6. The third-order valence-corrected chi connectivity index (χ3v) is 4.70. The van der Waals surface area contributed by atoms with Gasteiger partial charge in [0.1, 0.15) is 18.1 Å². The van der Waals surface area contributed by atoms with E-state index in [1.54, 1.807) is 10.8 Å². The first-order valence-corrected chi connectivity index (χ1v) is 9.64. The maximum atomic E-state index is 12.6. The number of benzene rings is 2. The van der Waals surface area contributed by atoms with Gasteiger partial charge in [-0.1, -0.05) is 51.1 Å². The molecule has 0 atom stereocenters. The number of ether oxygens (including phenoxy) is 1. The summed E-state index contributed by atoms with van der Waals surface area (Å²) in [5, 5.41) is 2.88. The number of aromatic amines is 1. The summed E-state index contributed by atoms with van der Waals surface area (Å²) in [6.45, 7) is 7.31. The van der Waals surface area contributed by atoms with Crippen LogP contribution in [-0.4, -0.2) is 28.6 Å². The van der Waals surface area contributed by atoms with Crippen LogP contribution >= 0.6 is 12.2 Å². The Morgan fingerprint density at radius 3 is 2.43 bits per heavy atom. The summed E-state index contributed by atoms with van der Waals surface area (Å²) in [7, 11) is 0. The summed E-state index contributed by atoms with van der Waals surface area (Å²) < 4.78 is 7.93. The van der Waals surface area contributed by atoms with Crippen molar-refractivity contribution >= 4 is 18.1 Å². The molecule has 0 unspecified atom stereocenters. The first-order chi connectivity index (χ1) is 13.4. The van der Waals surface area contributed by atoms with Gasteiger partial charge in [0.2, 0.25) is 0 Å². The lowest BCUT2D eigenvalue weighted by atomic mass is 9.87. The highest BCUT2D eigenvalue weighted by molar-refractivity contribution is 7.71. The minimum Gasteiger partial charge on any atom is -0.492 e. The Balaban J connectivity index is 1.57. The van der Waals surface area contributed by atoms with Crippen molar-refractivity contribution in [3.63, 3.8) is 0 Å². The lowest BCUT2D eigenvalue weighted by molar-refractivity contribution is 0.0940.